The van der Waals surface area contributed by atoms with Crippen molar-refractivity contribution in [1.82, 2.24) is 4.57 Å². The number of allylic oxidation sites excluding steroid dienone is 1. The second-order valence-electron chi connectivity index (χ2n) is 8.27. The van der Waals surface area contributed by atoms with Gasteiger partial charge in [-0.1, -0.05) is 59.3 Å². The highest BCUT2D eigenvalue weighted by molar-refractivity contribution is 7.07. The van der Waals surface area contributed by atoms with Gasteiger partial charge in [0, 0.05) is 17.1 Å². The van der Waals surface area contributed by atoms with E-state index >= 15 is 0 Å². The number of nitrogens with zero attached hydrogens (tertiary/aromatic N) is 3. The number of ether oxygens (including phenoxy) is 1. The van der Waals surface area contributed by atoms with Crippen molar-refractivity contribution in [2.24, 2.45) is 4.99 Å². The van der Waals surface area contributed by atoms with E-state index in [0.29, 0.717) is 38.8 Å². The molecule has 1 amide bonds. The normalized spacial score (nSPS) is 18.0. The number of esters is 1. The Kier molecular flexibility index (Phi) is 6.24. The van der Waals surface area contributed by atoms with Gasteiger partial charge in [0.2, 0.25) is 0 Å². The average molecular weight is 520 g/mol. The third-order valence-electron chi connectivity index (χ3n) is 6.14. The predicted molar refractivity (Wildman–Crippen MR) is 140 cm³/mol. The van der Waals surface area contributed by atoms with E-state index < -0.39 is 17.6 Å². The number of amides is 1. The van der Waals surface area contributed by atoms with Crippen molar-refractivity contribution in [3.05, 3.63) is 108 Å². The number of carbonyl (C=O) groups excluding carboxylic acids is 2. The Morgan fingerprint density at radius 3 is 2.61 bits per heavy atom. The fourth-order valence-corrected chi connectivity index (χ4v) is 5.87. The monoisotopic (exact) mass is 519 g/mol. The van der Waals surface area contributed by atoms with Crippen LogP contribution in [0, 0.1) is 0 Å². The average Bonchev–Trinajstić information content (AvgIpc) is 3.32. The largest absolute Gasteiger partial charge is 0.463 e. The minimum absolute atomic E-state index is 0.182. The molecule has 0 saturated heterocycles. The maximum Gasteiger partial charge on any atom is 0.338 e. The van der Waals surface area contributed by atoms with Crippen LogP contribution in [-0.4, -0.2) is 29.6 Å². The number of hydrogen-bond donors (Lipinski definition) is 0. The second-order valence-corrected chi connectivity index (χ2v) is 9.68. The molecule has 0 unspecified atom stereocenters. The lowest BCUT2D eigenvalue weighted by atomic mass is 9.96. The van der Waals surface area contributed by atoms with Gasteiger partial charge in [0.05, 0.1) is 35.2 Å². The van der Waals surface area contributed by atoms with Crippen LogP contribution in [0.5, 0.6) is 0 Å². The summed E-state index contributed by atoms with van der Waals surface area (Å²) in [5.74, 6) is -0.818. The molecule has 0 fully saturated rings. The topological polar surface area (TPSA) is 81.0 Å². The summed E-state index contributed by atoms with van der Waals surface area (Å²) in [4.78, 5) is 47.1. The summed E-state index contributed by atoms with van der Waals surface area (Å²) in [6, 6.07) is 13.5. The number of benzene rings is 2. The molecule has 2 aliphatic rings. The molecule has 1 atom stereocenters. The van der Waals surface area contributed by atoms with Gasteiger partial charge in [-0.05, 0) is 37.6 Å². The van der Waals surface area contributed by atoms with E-state index in [4.69, 9.17) is 16.3 Å². The van der Waals surface area contributed by atoms with Gasteiger partial charge in [0.25, 0.3) is 11.5 Å². The zero-order chi connectivity index (χ0) is 25.6. The van der Waals surface area contributed by atoms with Gasteiger partial charge in [0.15, 0.2) is 4.80 Å². The zero-order valence-electron chi connectivity index (χ0n) is 19.7. The summed E-state index contributed by atoms with van der Waals surface area (Å²) in [6.07, 6.45) is 1.65. The first kappa shape index (κ1) is 24.0. The third kappa shape index (κ3) is 3.73. The predicted octanol–water partition coefficient (Wildman–Crippen LogP) is 3.35. The minimum Gasteiger partial charge on any atom is -0.463 e. The number of hydrogen-bond acceptors (Lipinski definition) is 6. The highest BCUT2D eigenvalue weighted by Gasteiger charge is 2.37. The first-order valence-electron chi connectivity index (χ1n) is 11.4. The lowest BCUT2D eigenvalue weighted by Crippen LogP contribution is -2.41. The molecule has 9 heteroatoms. The Bertz CT molecular complexity index is 1630. The Labute approximate surface area is 215 Å². The van der Waals surface area contributed by atoms with E-state index in [1.54, 1.807) is 49.1 Å². The number of thiazole rings is 1. The number of fused-ring (bicyclic) bond motifs is 2. The highest BCUT2D eigenvalue weighted by Crippen LogP contribution is 2.35. The van der Waals surface area contributed by atoms with E-state index in [9.17, 15) is 14.4 Å². The van der Waals surface area contributed by atoms with Gasteiger partial charge in [-0.15, -0.1) is 6.58 Å². The molecule has 36 heavy (non-hydrogen) atoms. The zero-order valence-corrected chi connectivity index (χ0v) is 21.2. The molecule has 0 saturated carbocycles. The molecular weight excluding hydrogens is 498 g/mol. The first-order chi connectivity index (χ1) is 17.4. The van der Waals surface area contributed by atoms with Crippen molar-refractivity contribution >= 4 is 46.1 Å². The van der Waals surface area contributed by atoms with Crippen LogP contribution in [0.25, 0.3) is 5.57 Å². The van der Waals surface area contributed by atoms with Crippen LogP contribution < -0.4 is 19.8 Å². The third-order valence-corrected chi connectivity index (χ3v) is 7.45. The smallest absolute Gasteiger partial charge is 0.338 e. The molecule has 2 aromatic carbocycles. The molecule has 2 aliphatic heterocycles. The summed E-state index contributed by atoms with van der Waals surface area (Å²) in [7, 11) is 0. The molecular formula is C27H22ClN3O4S. The molecule has 7 nitrogen and oxygen atoms in total. The highest BCUT2D eigenvalue weighted by atomic mass is 35.5. The van der Waals surface area contributed by atoms with Crippen LogP contribution in [0.3, 0.4) is 0 Å². The number of aromatic nitrogens is 1. The van der Waals surface area contributed by atoms with Crippen molar-refractivity contribution in [3.8, 4) is 0 Å². The Morgan fingerprint density at radius 2 is 1.92 bits per heavy atom. The number of halogens is 1. The van der Waals surface area contributed by atoms with Crippen LogP contribution >= 0.6 is 22.9 Å². The fraction of sp³-hybridized carbons (Fsp3) is 0.185. The Balaban J connectivity index is 1.82. The van der Waals surface area contributed by atoms with Crippen LogP contribution in [0.4, 0.5) is 5.69 Å². The fourth-order valence-electron chi connectivity index (χ4n) is 4.61. The first-order valence-corrected chi connectivity index (χ1v) is 12.6. The van der Waals surface area contributed by atoms with Crippen molar-refractivity contribution in [2.75, 3.05) is 18.1 Å². The standard InChI is InChI=1S/C27H22ClN3O4S/c1-4-14-30-19-9-7-6-8-18(19)21(24(30)32)23-25(33)31-22(16-10-12-17(28)13-11-16)20(26(34)35-5-2)15(3)29-27(31)36-23/h4,6-13,22H,1,5,14H2,2-3H3/b23-21+/t22-/m1/s1. The van der Waals surface area contributed by atoms with Crippen molar-refractivity contribution in [1.29, 1.82) is 0 Å². The van der Waals surface area contributed by atoms with Crippen LogP contribution in [0.2, 0.25) is 5.02 Å². The second kappa shape index (κ2) is 9.37. The summed E-state index contributed by atoms with van der Waals surface area (Å²) in [5.41, 5.74) is 2.74. The maximum atomic E-state index is 14.0. The molecule has 0 radical (unpaired) electrons. The van der Waals surface area contributed by atoms with E-state index in [-0.39, 0.29) is 22.6 Å². The SMILES string of the molecule is C=CCN1C(=O)/C(=c2/sc3n(c2=O)[C@H](c2ccc(Cl)cc2)C(C(=O)OCC)=C(C)N=3)c2ccccc21. The summed E-state index contributed by atoms with van der Waals surface area (Å²) >= 11 is 7.25. The summed E-state index contributed by atoms with van der Waals surface area (Å²) < 4.78 is 7.07. The summed E-state index contributed by atoms with van der Waals surface area (Å²) in [6.45, 7) is 7.70. The van der Waals surface area contributed by atoms with Crippen molar-refractivity contribution in [3.63, 3.8) is 0 Å². The van der Waals surface area contributed by atoms with E-state index in [2.05, 4.69) is 11.6 Å². The molecule has 3 aromatic rings. The maximum absolute atomic E-state index is 14.0. The molecule has 0 N–H and O–H groups in total. The quantitative estimate of drug-likeness (QED) is 0.382. The molecule has 182 valence electrons. The number of anilines is 1. The van der Waals surface area contributed by atoms with Crippen molar-refractivity contribution < 1.29 is 14.3 Å². The number of rotatable bonds is 5. The van der Waals surface area contributed by atoms with Crippen LogP contribution in [0.1, 0.15) is 31.0 Å². The summed E-state index contributed by atoms with van der Waals surface area (Å²) in [5, 5.41) is 0.530. The van der Waals surface area contributed by atoms with Crippen LogP contribution in [-0.2, 0) is 14.3 Å². The molecule has 5 rings (SSSR count). The van der Waals surface area contributed by atoms with Gasteiger partial charge in [-0.25, -0.2) is 9.79 Å². The Hall–Kier alpha value is -3.75. The number of carbonyl (C=O) groups is 2. The van der Waals surface area contributed by atoms with Gasteiger partial charge >= 0.3 is 5.97 Å². The molecule has 0 aliphatic carbocycles. The van der Waals surface area contributed by atoms with Gasteiger partial charge in [-0.2, -0.15) is 0 Å². The van der Waals surface area contributed by atoms with Crippen LogP contribution in [0.15, 0.2) is 82.2 Å². The lowest BCUT2D eigenvalue weighted by Gasteiger charge is -2.24. The van der Waals surface area contributed by atoms with Gasteiger partial charge < -0.3 is 9.64 Å². The molecule has 0 bridgehead atoms. The lowest BCUT2D eigenvalue weighted by molar-refractivity contribution is -0.139. The Morgan fingerprint density at radius 1 is 1.19 bits per heavy atom. The molecule has 1 aromatic heterocycles. The minimum atomic E-state index is -0.775. The van der Waals surface area contributed by atoms with E-state index in [1.165, 1.54) is 4.57 Å². The van der Waals surface area contributed by atoms with E-state index in [0.717, 1.165) is 17.0 Å². The molecule has 0 spiro atoms. The van der Waals surface area contributed by atoms with Crippen molar-refractivity contribution in [2.45, 2.75) is 19.9 Å². The van der Waals surface area contributed by atoms with Gasteiger partial charge in [0.1, 0.15) is 4.53 Å². The number of para-hydroxylation sites is 1. The molecule has 3 heterocycles. The van der Waals surface area contributed by atoms with E-state index in [1.807, 2.05) is 24.3 Å². The van der Waals surface area contributed by atoms with Gasteiger partial charge in [-0.3, -0.25) is 14.2 Å².